The molecular weight excluding hydrogens is 170 g/mol. The third-order valence-corrected chi connectivity index (χ3v) is 1.83. The van der Waals surface area contributed by atoms with E-state index in [1.54, 1.807) is 19.0 Å². The molecule has 0 aromatic heterocycles. The molecule has 0 rings (SSSR count). The van der Waals surface area contributed by atoms with Crippen LogP contribution in [-0.4, -0.2) is 59.7 Å². The van der Waals surface area contributed by atoms with Gasteiger partial charge in [-0.15, -0.1) is 12.4 Å². The average molecular weight is 186 g/mol. The van der Waals surface area contributed by atoms with Gasteiger partial charge in [0.15, 0.2) is 0 Å². The number of halogens is 1. The Balaban J connectivity index is 0. The van der Waals surface area contributed by atoms with E-state index in [0.717, 1.165) is 0 Å². The Hall–Kier alpha value is 0.130. The van der Waals surface area contributed by atoms with E-state index < -0.39 is 5.54 Å². The maximum atomic E-state index is 8.79. The van der Waals surface area contributed by atoms with Crippen LogP contribution in [0.4, 0.5) is 0 Å². The van der Waals surface area contributed by atoms with Crippen molar-refractivity contribution in [1.29, 1.82) is 0 Å². The third kappa shape index (κ3) is 2.92. The first-order valence-corrected chi connectivity index (χ1v) is 3.13. The van der Waals surface area contributed by atoms with Crippen molar-refractivity contribution in [1.82, 2.24) is 4.90 Å². The molecule has 0 spiro atoms. The van der Waals surface area contributed by atoms with Gasteiger partial charge in [0.25, 0.3) is 0 Å². The molecule has 0 bridgehead atoms. The van der Waals surface area contributed by atoms with Crippen LogP contribution in [0.2, 0.25) is 0 Å². The minimum atomic E-state index is -0.875. The fraction of sp³-hybridized carbons (Fsp3) is 1.00. The predicted molar refractivity (Wildman–Crippen MR) is 44.9 cm³/mol. The lowest BCUT2D eigenvalue weighted by Crippen LogP contribution is -2.53. The second-order valence-corrected chi connectivity index (χ2v) is 2.59. The Morgan fingerprint density at radius 1 is 1.00 bits per heavy atom. The van der Waals surface area contributed by atoms with Gasteiger partial charge < -0.3 is 15.3 Å². The van der Waals surface area contributed by atoms with Gasteiger partial charge in [-0.05, 0) is 14.1 Å². The smallest absolute Gasteiger partial charge is 0.0901 e. The molecule has 0 unspecified atom stereocenters. The van der Waals surface area contributed by atoms with Gasteiger partial charge in [-0.1, -0.05) is 0 Å². The van der Waals surface area contributed by atoms with E-state index in [1.807, 2.05) is 0 Å². The Morgan fingerprint density at radius 3 is 1.27 bits per heavy atom. The van der Waals surface area contributed by atoms with Crippen molar-refractivity contribution in [2.75, 3.05) is 33.9 Å². The van der Waals surface area contributed by atoms with Crippen LogP contribution in [0.15, 0.2) is 0 Å². The van der Waals surface area contributed by atoms with Crippen LogP contribution in [-0.2, 0) is 0 Å². The fourth-order valence-corrected chi connectivity index (χ4v) is 0.574. The summed E-state index contributed by atoms with van der Waals surface area (Å²) in [6, 6.07) is 0. The summed E-state index contributed by atoms with van der Waals surface area (Å²) in [5.41, 5.74) is -0.875. The van der Waals surface area contributed by atoms with Crippen LogP contribution in [0.3, 0.4) is 0 Å². The number of hydrogen-bond acceptors (Lipinski definition) is 4. The zero-order valence-electron chi connectivity index (χ0n) is 6.82. The molecule has 4 nitrogen and oxygen atoms in total. The van der Waals surface area contributed by atoms with Crippen molar-refractivity contribution in [3.8, 4) is 0 Å². The average Bonchev–Trinajstić information content (AvgIpc) is 1.92. The first-order valence-electron chi connectivity index (χ1n) is 3.13. The van der Waals surface area contributed by atoms with Crippen molar-refractivity contribution < 1.29 is 15.3 Å². The van der Waals surface area contributed by atoms with Gasteiger partial charge in [0.2, 0.25) is 0 Å². The van der Waals surface area contributed by atoms with E-state index in [0.29, 0.717) is 0 Å². The molecule has 0 fully saturated rings. The standard InChI is InChI=1S/C6H15NO3.ClH/c1-7(2)6(3-8,4-9)5-10;/h8-10H,3-5H2,1-2H3;1H. The molecule has 5 heteroatoms. The minimum Gasteiger partial charge on any atom is -0.394 e. The molecule has 0 saturated carbocycles. The Bertz CT molecular complexity index is 87.6. The maximum absolute atomic E-state index is 8.79. The van der Waals surface area contributed by atoms with E-state index in [2.05, 4.69) is 0 Å². The lowest BCUT2D eigenvalue weighted by Gasteiger charge is -2.34. The predicted octanol–water partition coefficient (Wildman–Crippen LogP) is -1.31. The Morgan fingerprint density at radius 2 is 1.27 bits per heavy atom. The maximum Gasteiger partial charge on any atom is 0.0901 e. The molecular formula is C6H16ClNO3. The minimum absolute atomic E-state index is 0. The van der Waals surface area contributed by atoms with Crippen LogP contribution in [0.1, 0.15) is 0 Å². The molecule has 0 radical (unpaired) electrons. The summed E-state index contributed by atoms with van der Waals surface area (Å²) in [5, 5.41) is 26.4. The first kappa shape index (κ1) is 13.7. The molecule has 0 amide bonds. The van der Waals surface area contributed by atoms with Gasteiger partial charge in [-0.3, -0.25) is 4.90 Å². The molecule has 0 atom stereocenters. The molecule has 0 aliphatic heterocycles. The van der Waals surface area contributed by atoms with E-state index in [-0.39, 0.29) is 32.2 Å². The lowest BCUT2D eigenvalue weighted by atomic mass is 10.0. The first-order chi connectivity index (χ1) is 4.63. The number of likely N-dealkylation sites (N-methyl/N-ethyl adjacent to an activating group) is 1. The highest BCUT2D eigenvalue weighted by Crippen LogP contribution is 2.08. The number of aliphatic hydroxyl groups excluding tert-OH is 3. The van der Waals surface area contributed by atoms with Crippen LogP contribution < -0.4 is 0 Å². The quantitative estimate of drug-likeness (QED) is 0.509. The Labute approximate surface area is 72.9 Å². The van der Waals surface area contributed by atoms with Gasteiger partial charge in [-0.2, -0.15) is 0 Å². The SMILES string of the molecule is CN(C)C(CO)(CO)CO.Cl. The molecule has 0 aliphatic rings. The number of hydrogen-bond donors (Lipinski definition) is 3. The summed E-state index contributed by atoms with van der Waals surface area (Å²) in [4.78, 5) is 1.60. The molecule has 11 heavy (non-hydrogen) atoms. The summed E-state index contributed by atoms with van der Waals surface area (Å²) in [6.45, 7) is -0.729. The highest BCUT2D eigenvalue weighted by atomic mass is 35.5. The number of rotatable bonds is 4. The molecule has 0 saturated heterocycles. The van der Waals surface area contributed by atoms with Gasteiger partial charge in [0.05, 0.1) is 25.4 Å². The molecule has 3 N–H and O–H groups in total. The molecule has 0 aromatic carbocycles. The fourth-order valence-electron chi connectivity index (χ4n) is 0.574. The second kappa shape index (κ2) is 5.74. The summed E-state index contributed by atoms with van der Waals surface area (Å²) >= 11 is 0. The summed E-state index contributed by atoms with van der Waals surface area (Å²) in [7, 11) is 3.39. The number of nitrogens with zero attached hydrogens (tertiary/aromatic N) is 1. The normalized spacial score (nSPS) is 11.5. The van der Waals surface area contributed by atoms with Gasteiger partial charge in [0.1, 0.15) is 0 Å². The van der Waals surface area contributed by atoms with Crippen molar-refractivity contribution in [2.45, 2.75) is 5.54 Å². The second-order valence-electron chi connectivity index (χ2n) is 2.59. The largest absolute Gasteiger partial charge is 0.394 e. The lowest BCUT2D eigenvalue weighted by molar-refractivity contribution is -0.0224. The Kier molecular flexibility index (Phi) is 7.15. The van der Waals surface area contributed by atoms with Crippen molar-refractivity contribution in [3.05, 3.63) is 0 Å². The van der Waals surface area contributed by atoms with E-state index in [1.165, 1.54) is 0 Å². The van der Waals surface area contributed by atoms with Crippen molar-refractivity contribution >= 4 is 12.4 Å². The molecule has 0 heterocycles. The van der Waals surface area contributed by atoms with E-state index in [9.17, 15) is 0 Å². The van der Waals surface area contributed by atoms with Gasteiger partial charge in [0, 0.05) is 0 Å². The number of aliphatic hydroxyl groups is 3. The van der Waals surface area contributed by atoms with Crippen LogP contribution >= 0.6 is 12.4 Å². The highest BCUT2D eigenvalue weighted by Gasteiger charge is 2.30. The molecule has 0 aromatic rings. The van der Waals surface area contributed by atoms with Crippen LogP contribution in [0.25, 0.3) is 0 Å². The summed E-state index contributed by atoms with van der Waals surface area (Å²) in [5.74, 6) is 0. The highest BCUT2D eigenvalue weighted by molar-refractivity contribution is 5.85. The molecule has 70 valence electrons. The van der Waals surface area contributed by atoms with Crippen LogP contribution in [0, 0.1) is 0 Å². The van der Waals surface area contributed by atoms with E-state index >= 15 is 0 Å². The topological polar surface area (TPSA) is 63.9 Å². The van der Waals surface area contributed by atoms with E-state index in [4.69, 9.17) is 15.3 Å². The summed E-state index contributed by atoms with van der Waals surface area (Å²) < 4.78 is 0. The van der Waals surface area contributed by atoms with Crippen molar-refractivity contribution in [2.24, 2.45) is 0 Å². The van der Waals surface area contributed by atoms with Gasteiger partial charge in [-0.25, -0.2) is 0 Å². The van der Waals surface area contributed by atoms with Gasteiger partial charge >= 0.3 is 0 Å². The zero-order valence-corrected chi connectivity index (χ0v) is 7.63. The molecule has 0 aliphatic carbocycles. The zero-order chi connectivity index (χ0) is 8.20. The third-order valence-electron chi connectivity index (χ3n) is 1.83. The monoisotopic (exact) mass is 185 g/mol. The van der Waals surface area contributed by atoms with Crippen molar-refractivity contribution in [3.63, 3.8) is 0 Å². The summed E-state index contributed by atoms with van der Waals surface area (Å²) in [6.07, 6.45) is 0. The van der Waals surface area contributed by atoms with Crippen LogP contribution in [0.5, 0.6) is 0 Å².